The molecule has 4 heterocycles. The number of aryl methyl sites for hydroxylation is 1. The van der Waals surface area contributed by atoms with Crippen LogP contribution in [0.3, 0.4) is 0 Å². The molecule has 2 atom stereocenters. The van der Waals surface area contributed by atoms with E-state index in [1.165, 1.54) is 5.57 Å². The number of pyridine rings is 1. The first-order valence-corrected chi connectivity index (χ1v) is 9.15. The van der Waals surface area contributed by atoms with Gasteiger partial charge in [-0.15, -0.1) is 0 Å². The predicted octanol–water partition coefficient (Wildman–Crippen LogP) is 2.43. The summed E-state index contributed by atoms with van der Waals surface area (Å²) in [5, 5.41) is 0. The Bertz CT molecular complexity index is 652. The van der Waals surface area contributed by atoms with Crippen LogP contribution < -0.4 is 0 Å². The average Bonchev–Trinajstić information content (AvgIpc) is 2.90. The minimum absolute atomic E-state index is 0.0332. The van der Waals surface area contributed by atoms with Crippen molar-refractivity contribution in [3.05, 3.63) is 41.7 Å². The molecule has 0 aromatic carbocycles. The zero-order valence-corrected chi connectivity index (χ0v) is 15.1. The molecule has 2 bridgehead atoms. The summed E-state index contributed by atoms with van der Waals surface area (Å²) in [6, 6.07) is 4.06. The van der Waals surface area contributed by atoms with Gasteiger partial charge in [0, 0.05) is 44.5 Å². The number of fused-ring (bicyclic) bond motifs is 4. The van der Waals surface area contributed by atoms with Crippen LogP contribution in [0.2, 0.25) is 0 Å². The number of allylic oxidation sites excluding steroid dienone is 1. The number of rotatable bonds is 5. The molecule has 134 valence electrons. The van der Waals surface area contributed by atoms with E-state index in [-0.39, 0.29) is 23.8 Å². The molecule has 3 aliphatic rings. The number of carbonyl (C=O) groups is 2. The molecule has 3 fully saturated rings. The van der Waals surface area contributed by atoms with Crippen molar-refractivity contribution in [2.45, 2.75) is 45.6 Å². The fourth-order valence-electron chi connectivity index (χ4n) is 3.72. The van der Waals surface area contributed by atoms with Gasteiger partial charge in [0.05, 0.1) is 5.92 Å². The molecular weight excluding hydrogens is 314 g/mol. The Labute approximate surface area is 149 Å². The van der Waals surface area contributed by atoms with Crippen LogP contribution in [0.4, 0.5) is 0 Å². The molecule has 4 rings (SSSR count). The van der Waals surface area contributed by atoms with E-state index in [0.717, 1.165) is 24.8 Å². The highest BCUT2D eigenvalue weighted by Crippen LogP contribution is 2.29. The second-order valence-corrected chi connectivity index (χ2v) is 7.35. The Morgan fingerprint density at radius 2 is 2.00 bits per heavy atom. The molecule has 5 nitrogen and oxygen atoms in total. The molecule has 2 amide bonds. The largest absolute Gasteiger partial charge is 0.340 e. The second-order valence-electron chi connectivity index (χ2n) is 7.35. The summed E-state index contributed by atoms with van der Waals surface area (Å²) in [6.07, 6.45) is 8.74. The number of aromatic nitrogens is 1. The van der Waals surface area contributed by atoms with Gasteiger partial charge in [-0.3, -0.25) is 14.6 Å². The molecule has 25 heavy (non-hydrogen) atoms. The van der Waals surface area contributed by atoms with E-state index >= 15 is 0 Å². The van der Waals surface area contributed by atoms with Gasteiger partial charge in [-0.2, -0.15) is 0 Å². The van der Waals surface area contributed by atoms with Crippen LogP contribution in [0.1, 0.15) is 38.7 Å². The van der Waals surface area contributed by atoms with Gasteiger partial charge in [0.15, 0.2) is 0 Å². The van der Waals surface area contributed by atoms with E-state index in [0.29, 0.717) is 26.1 Å². The van der Waals surface area contributed by atoms with Crippen LogP contribution >= 0.6 is 0 Å². The molecule has 1 aromatic rings. The highest BCUT2D eigenvalue weighted by atomic mass is 16.2. The van der Waals surface area contributed by atoms with Gasteiger partial charge in [-0.25, -0.2) is 0 Å². The third kappa shape index (κ3) is 4.27. The summed E-state index contributed by atoms with van der Waals surface area (Å²) in [7, 11) is 0. The maximum atomic E-state index is 12.7. The zero-order chi connectivity index (χ0) is 17.8. The first-order valence-electron chi connectivity index (χ1n) is 9.15. The van der Waals surface area contributed by atoms with Gasteiger partial charge >= 0.3 is 0 Å². The van der Waals surface area contributed by atoms with E-state index in [2.05, 4.69) is 24.9 Å². The van der Waals surface area contributed by atoms with Crippen molar-refractivity contribution < 1.29 is 9.59 Å². The standard InChI is InChI=1S/C20H27N3O2/c1-15(2)9-12-23-18-5-4-17(20(23)25)13-22(14-18)19(24)6-3-16-7-10-21-11-8-16/h7-11,17-18H,3-6,12-14H2,1-2H3/t17-,18+/m1/s1. The highest BCUT2D eigenvalue weighted by Gasteiger charge is 2.41. The van der Waals surface area contributed by atoms with Gasteiger partial charge in [-0.05, 0) is 50.8 Å². The number of piperidine rings is 1. The Kier molecular flexibility index (Phi) is 5.51. The van der Waals surface area contributed by atoms with Crippen LogP contribution in [0.5, 0.6) is 0 Å². The Morgan fingerprint density at radius 3 is 2.72 bits per heavy atom. The summed E-state index contributed by atoms with van der Waals surface area (Å²) in [6.45, 7) is 6.02. The van der Waals surface area contributed by atoms with Crippen LogP contribution in [0.25, 0.3) is 0 Å². The molecule has 3 saturated heterocycles. The second kappa shape index (κ2) is 7.81. The van der Waals surface area contributed by atoms with Crippen molar-refractivity contribution >= 4 is 11.8 Å². The summed E-state index contributed by atoms with van der Waals surface area (Å²) in [5.74, 6) is 0.345. The van der Waals surface area contributed by atoms with Crippen molar-refractivity contribution in [1.82, 2.24) is 14.8 Å². The number of amides is 2. The molecule has 0 spiro atoms. The number of nitrogens with zero attached hydrogens (tertiary/aromatic N) is 3. The van der Waals surface area contributed by atoms with Crippen molar-refractivity contribution in [2.75, 3.05) is 19.6 Å². The third-order valence-electron chi connectivity index (χ3n) is 5.22. The molecule has 5 heteroatoms. The van der Waals surface area contributed by atoms with E-state index in [1.807, 2.05) is 21.9 Å². The van der Waals surface area contributed by atoms with Crippen LogP contribution in [0.15, 0.2) is 36.2 Å². The zero-order valence-electron chi connectivity index (χ0n) is 15.1. The summed E-state index contributed by atoms with van der Waals surface area (Å²) >= 11 is 0. The van der Waals surface area contributed by atoms with E-state index in [1.54, 1.807) is 12.4 Å². The van der Waals surface area contributed by atoms with Crippen LogP contribution in [-0.4, -0.2) is 52.3 Å². The lowest BCUT2D eigenvalue weighted by Crippen LogP contribution is -2.48. The monoisotopic (exact) mass is 341 g/mol. The smallest absolute Gasteiger partial charge is 0.228 e. The quantitative estimate of drug-likeness (QED) is 0.773. The summed E-state index contributed by atoms with van der Waals surface area (Å²) < 4.78 is 0. The normalized spacial score (nSPS) is 22.7. The number of hydrogen-bond donors (Lipinski definition) is 0. The van der Waals surface area contributed by atoms with Crippen LogP contribution in [0, 0.1) is 5.92 Å². The molecule has 1 aromatic heterocycles. The lowest BCUT2D eigenvalue weighted by atomic mass is 9.94. The van der Waals surface area contributed by atoms with Gasteiger partial charge < -0.3 is 9.80 Å². The molecule has 0 N–H and O–H groups in total. The third-order valence-corrected chi connectivity index (χ3v) is 5.22. The van der Waals surface area contributed by atoms with E-state index < -0.39 is 0 Å². The lowest BCUT2D eigenvalue weighted by Gasteiger charge is -2.35. The predicted molar refractivity (Wildman–Crippen MR) is 96.8 cm³/mol. The van der Waals surface area contributed by atoms with Crippen molar-refractivity contribution in [2.24, 2.45) is 5.92 Å². The Balaban J connectivity index is 1.63. The van der Waals surface area contributed by atoms with E-state index in [9.17, 15) is 9.59 Å². The first kappa shape index (κ1) is 17.6. The fraction of sp³-hybridized carbons (Fsp3) is 0.550. The Morgan fingerprint density at radius 1 is 1.24 bits per heavy atom. The molecule has 0 saturated carbocycles. The van der Waals surface area contributed by atoms with Gasteiger partial charge in [0.2, 0.25) is 11.8 Å². The maximum absolute atomic E-state index is 12.7. The van der Waals surface area contributed by atoms with Gasteiger partial charge in [0.25, 0.3) is 0 Å². The number of hydrogen-bond acceptors (Lipinski definition) is 3. The molecule has 0 unspecified atom stereocenters. The maximum Gasteiger partial charge on any atom is 0.228 e. The van der Waals surface area contributed by atoms with Crippen LogP contribution in [-0.2, 0) is 16.0 Å². The SMILES string of the molecule is CC(C)=CCN1C(=O)[C@@H]2CC[C@H]1CN(C(=O)CCc1ccncc1)C2. The highest BCUT2D eigenvalue weighted by molar-refractivity contribution is 5.83. The first-order chi connectivity index (χ1) is 12.0. The molecule has 3 aliphatic heterocycles. The van der Waals surface area contributed by atoms with Crippen molar-refractivity contribution in [1.29, 1.82) is 0 Å². The fourth-order valence-corrected chi connectivity index (χ4v) is 3.72. The minimum Gasteiger partial charge on any atom is -0.340 e. The van der Waals surface area contributed by atoms with E-state index in [4.69, 9.17) is 0 Å². The molecule has 0 aliphatic carbocycles. The summed E-state index contributed by atoms with van der Waals surface area (Å²) in [5.41, 5.74) is 2.35. The molecule has 0 radical (unpaired) electrons. The van der Waals surface area contributed by atoms with Crippen molar-refractivity contribution in [3.63, 3.8) is 0 Å². The Hall–Kier alpha value is -2.17. The lowest BCUT2D eigenvalue weighted by molar-refractivity contribution is -0.139. The average molecular weight is 341 g/mol. The van der Waals surface area contributed by atoms with Gasteiger partial charge in [0.1, 0.15) is 0 Å². The number of carbonyl (C=O) groups excluding carboxylic acids is 2. The van der Waals surface area contributed by atoms with Crippen molar-refractivity contribution in [3.8, 4) is 0 Å². The minimum atomic E-state index is -0.0332. The molecular formula is C20H27N3O2. The summed E-state index contributed by atoms with van der Waals surface area (Å²) in [4.78, 5) is 33.3. The van der Waals surface area contributed by atoms with Gasteiger partial charge in [-0.1, -0.05) is 11.6 Å². The topological polar surface area (TPSA) is 53.5 Å².